The third-order valence-electron chi connectivity index (χ3n) is 7.45. The highest BCUT2D eigenvalue weighted by Crippen LogP contribution is 2.32. The van der Waals surface area contributed by atoms with Gasteiger partial charge in [0.1, 0.15) is 0 Å². The van der Waals surface area contributed by atoms with E-state index >= 15 is 0 Å². The standard InChI is InChI=1S/C31H30N4O4S2/c1-40(36,37)35(41(2,38)39)28-16-18-34(21-28)27-12-10-26(11-13-27)33-31-15-17-32-30-14-9-25(20-29(30)31)24-8-7-22-5-3-4-6-23(22)19-24/h3-15,17,19-20,28H,16,18,21H2,1-2H3,(H,32,33). The van der Waals surface area contributed by atoms with Crippen LogP contribution in [-0.4, -0.2) is 57.2 Å². The van der Waals surface area contributed by atoms with Gasteiger partial charge < -0.3 is 10.2 Å². The number of nitrogens with one attached hydrogen (secondary N) is 1. The Hall–Kier alpha value is -3.99. The van der Waals surface area contributed by atoms with Crippen molar-refractivity contribution in [1.82, 2.24) is 8.69 Å². The molecule has 41 heavy (non-hydrogen) atoms. The van der Waals surface area contributed by atoms with Crippen molar-refractivity contribution in [3.05, 3.63) is 97.2 Å². The summed E-state index contributed by atoms with van der Waals surface area (Å²) < 4.78 is 49.4. The molecule has 1 N–H and O–H groups in total. The fraction of sp³-hybridized carbons (Fsp3) is 0.194. The van der Waals surface area contributed by atoms with E-state index in [0.717, 1.165) is 51.6 Å². The highest BCUT2D eigenvalue weighted by atomic mass is 32.3. The molecule has 1 aliphatic rings. The maximum Gasteiger partial charge on any atom is 0.224 e. The molecular formula is C31H30N4O4S2. The van der Waals surface area contributed by atoms with Crippen LogP contribution in [0.5, 0.6) is 0 Å². The van der Waals surface area contributed by atoms with Crippen molar-refractivity contribution in [3.8, 4) is 11.1 Å². The topological polar surface area (TPSA) is 99.7 Å². The van der Waals surface area contributed by atoms with Crippen molar-refractivity contribution in [2.24, 2.45) is 0 Å². The first-order chi connectivity index (χ1) is 19.6. The molecule has 2 heterocycles. The van der Waals surface area contributed by atoms with Crippen molar-refractivity contribution in [2.75, 3.05) is 35.8 Å². The van der Waals surface area contributed by atoms with Crippen LogP contribution in [0.4, 0.5) is 17.1 Å². The van der Waals surface area contributed by atoms with Crippen LogP contribution in [0.1, 0.15) is 6.42 Å². The maximum absolute atomic E-state index is 12.2. The first kappa shape index (κ1) is 27.2. The van der Waals surface area contributed by atoms with Gasteiger partial charge in [-0.05, 0) is 76.9 Å². The van der Waals surface area contributed by atoms with E-state index in [-0.39, 0.29) is 0 Å². The van der Waals surface area contributed by atoms with Crippen LogP contribution in [0.15, 0.2) is 97.2 Å². The lowest BCUT2D eigenvalue weighted by molar-refractivity contribution is 0.446. The highest BCUT2D eigenvalue weighted by molar-refractivity contribution is 8.03. The number of benzene rings is 4. The van der Waals surface area contributed by atoms with Crippen LogP contribution in [0.25, 0.3) is 32.8 Å². The number of fused-ring (bicyclic) bond motifs is 2. The minimum Gasteiger partial charge on any atom is -0.370 e. The van der Waals surface area contributed by atoms with Gasteiger partial charge >= 0.3 is 0 Å². The Bertz CT molecular complexity index is 1950. The molecule has 0 radical (unpaired) electrons. The lowest BCUT2D eigenvalue weighted by Crippen LogP contribution is -2.44. The van der Waals surface area contributed by atoms with Crippen molar-refractivity contribution in [2.45, 2.75) is 12.5 Å². The van der Waals surface area contributed by atoms with Gasteiger partial charge in [-0.2, -0.15) is 0 Å². The Balaban J connectivity index is 1.23. The van der Waals surface area contributed by atoms with Gasteiger partial charge in [0.2, 0.25) is 20.0 Å². The molecule has 1 aromatic heterocycles. The molecule has 6 rings (SSSR count). The molecule has 1 saturated heterocycles. The van der Waals surface area contributed by atoms with E-state index < -0.39 is 26.1 Å². The van der Waals surface area contributed by atoms with Gasteiger partial charge in [-0.3, -0.25) is 4.98 Å². The number of hydrogen-bond acceptors (Lipinski definition) is 7. The molecule has 210 valence electrons. The molecule has 0 spiro atoms. The van der Waals surface area contributed by atoms with E-state index in [2.05, 4.69) is 52.8 Å². The quantitative estimate of drug-likeness (QED) is 0.265. The number of pyridine rings is 1. The monoisotopic (exact) mass is 586 g/mol. The second-order valence-corrected chi connectivity index (χ2v) is 14.4. The van der Waals surface area contributed by atoms with Crippen molar-refractivity contribution in [3.63, 3.8) is 0 Å². The van der Waals surface area contributed by atoms with E-state index in [4.69, 9.17) is 0 Å². The molecule has 5 aromatic rings. The predicted octanol–water partition coefficient (Wildman–Crippen LogP) is 5.60. The number of aromatic nitrogens is 1. The summed E-state index contributed by atoms with van der Waals surface area (Å²) in [5, 5.41) is 6.92. The Morgan fingerprint density at radius 1 is 0.805 bits per heavy atom. The lowest BCUT2D eigenvalue weighted by Gasteiger charge is -2.25. The van der Waals surface area contributed by atoms with Crippen LogP contribution in [0.2, 0.25) is 0 Å². The largest absolute Gasteiger partial charge is 0.370 e. The summed E-state index contributed by atoms with van der Waals surface area (Å²) in [6.07, 6.45) is 4.09. The van der Waals surface area contributed by atoms with Crippen LogP contribution in [0, 0.1) is 0 Å². The fourth-order valence-corrected chi connectivity index (χ4v) is 9.05. The summed E-state index contributed by atoms with van der Waals surface area (Å²) in [5.74, 6) is 0. The minimum atomic E-state index is -3.90. The Morgan fingerprint density at radius 3 is 2.22 bits per heavy atom. The van der Waals surface area contributed by atoms with Crippen LogP contribution >= 0.6 is 0 Å². The van der Waals surface area contributed by atoms with Crippen LogP contribution < -0.4 is 10.2 Å². The average molecular weight is 587 g/mol. The first-order valence-corrected chi connectivity index (χ1v) is 17.0. The second kappa shape index (κ2) is 10.4. The predicted molar refractivity (Wildman–Crippen MR) is 167 cm³/mol. The van der Waals surface area contributed by atoms with Crippen molar-refractivity contribution >= 4 is 58.8 Å². The minimum absolute atomic E-state index is 0.305. The zero-order valence-electron chi connectivity index (χ0n) is 22.7. The molecule has 0 aliphatic carbocycles. The normalized spacial score (nSPS) is 16.1. The fourth-order valence-electron chi connectivity index (χ4n) is 5.65. The third-order valence-corrected chi connectivity index (χ3v) is 11.0. The summed E-state index contributed by atoms with van der Waals surface area (Å²) in [7, 11) is -7.80. The van der Waals surface area contributed by atoms with E-state index in [1.807, 2.05) is 53.4 Å². The Morgan fingerprint density at radius 2 is 1.49 bits per heavy atom. The smallest absolute Gasteiger partial charge is 0.224 e. The summed E-state index contributed by atoms with van der Waals surface area (Å²) >= 11 is 0. The van der Waals surface area contributed by atoms with Gasteiger partial charge in [0.15, 0.2) is 0 Å². The molecule has 0 amide bonds. The molecule has 8 nitrogen and oxygen atoms in total. The first-order valence-electron chi connectivity index (χ1n) is 13.3. The molecular weight excluding hydrogens is 556 g/mol. The Kier molecular flexibility index (Phi) is 6.93. The molecule has 1 atom stereocenters. The van der Waals surface area contributed by atoms with Gasteiger partial charge in [-0.25, -0.2) is 16.8 Å². The van der Waals surface area contributed by atoms with Crippen molar-refractivity contribution < 1.29 is 16.8 Å². The third kappa shape index (κ3) is 5.63. The molecule has 0 saturated carbocycles. The zero-order chi connectivity index (χ0) is 28.8. The second-order valence-electron chi connectivity index (χ2n) is 10.5. The Labute approximate surface area is 240 Å². The van der Waals surface area contributed by atoms with Gasteiger partial charge in [0, 0.05) is 41.7 Å². The van der Waals surface area contributed by atoms with E-state index in [9.17, 15) is 16.8 Å². The summed E-state index contributed by atoms with van der Waals surface area (Å²) in [6, 6.07) is 30.3. The number of hydrogen-bond donors (Lipinski definition) is 1. The number of anilines is 3. The molecule has 1 fully saturated rings. The summed E-state index contributed by atoms with van der Waals surface area (Å²) in [6.45, 7) is 0.866. The highest BCUT2D eigenvalue weighted by Gasteiger charge is 2.39. The number of rotatable bonds is 7. The average Bonchev–Trinajstić information content (AvgIpc) is 3.40. The molecule has 1 unspecified atom stereocenters. The van der Waals surface area contributed by atoms with Gasteiger partial charge in [-0.1, -0.05) is 46.2 Å². The van der Waals surface area contributed by atoms with E-state index in [1.54, 1.807) is 6.20 Å². The zero-order valence-corrected chi connectivity index (χ0v) is 24.4. The van der Waals surface area contributed by atoms with Gasteiger partial charge in [0.25, 0.3) is 0 Å². The number of nitrogens with zero attached hydrogens (tertiary/aromatic N) is 3. The van der Waals surface area contributed by atoms with Crippen LogP contribution in [-0.2, 0) is 20.0 Å². The van der Waals surface area contributed by atoms with Crippen molar-refractivity contribution in [1.29, 1.82) is 0 Å². The van der Waals surface area contributed by atoms with Gasteiger partial charge in [-0.15, -0.1) is 0 Å². The summed E-state index contributed by atoms with van der Waals surface area (Å²) in [5.41, 5.74) is 5.86. The molecule has 10 heteroatoms. The van der Waals surface area contributed by atoms with E-state index in [1.165, 1.54) is 10.8 Å². The maximum atomic E-state index is 12.2. The van der Waals surface area contributed by atoms with Crippen LogP contribution in [0.3, 0.4) is 0 Å². The molecule has 1 aliphatic heterocycles. The molecule has 4 aromatic carbocycles. The SMILES string of the molecule is CS(=O)(=O)N(C1CCN(c2ccc(Nc3ccnc4ccc(-c5ccc6ccccc6c5)cc34)cc2)C1)S(C)(=O)=O. The summed E-state index contributed by atoms with van der Waals surface area (Å²) in [4.78, 5) is 6.56. The van der Waals surface area contributed by atoms with Gasteiger partial charge in [0.05, 0.1) is 24.1 Å². The number of sulfonamides is 2. The van der Waals surface area contributed by atoms with E-state index in [0.29, 0.717) is 23.2 Å². The molecule has 0 bridgehead atoms. The lowest BCUT2D eigenvalue weighted by atomic mass is 9.99.